The van der Waals surface area contributed by atoms with Crippen molar-refractivity contribution in [2.75, 3.05) is 0 Å². The SMILES string of the molecule is C[C](C(=O)O)S(=O)(=O)O. The molecule has 0 spiro atoms. The highest BCUT2D eigenvalue weighted by Gasteiger charge is 2.26. The molecule has 0 atom stereocenters. The van der Waals surface area contributed by atoms with E-state index >= 15 is 0 Å². The van der Waals surface area contributed by atoms with Gasteiger partial charge in [0.15, 0.2) is 0 Å². The molecule has 0 saturated carbocycles. The van der Waals surface area contributed by atoms with Gasteiger partial charge in [0.25, 0.3) is 10.1 Å². The van der Waals surface area contributed by atoms with E-state index in [0.29, 0.717) is 0 Å². The van der Waals surface area contributed by atoms with E-state index in [9.17, 15) is 13.2 Å². The maximum Gasteiger partial charge on any atom is 0.329 e. The summed E-state index contributed by atoms with van der Waals surface area (Å²) >= 11 is 0. The van der Waals surface area contributed by atoms with Gasteiger partial charge in [-0.2, -0.15) is 8.42 Å². The van der Waals surface area contributed by atoms with Crippen LogP contribution in [-0.2, 0) is 14.9 Å². The molecule has 5 nitrogen and oxygen atoms in total. The fraction of sp³-hybridized carbons (Fsp3) is 0.333. The Labute approximate surface area is 52.1 Å². The van der Waals surface area contributed by atoms with E-state index in [-0.39, 0.29) is 0 Å². The lowest BCUT2D eigenvalue weighted by Gasteiger charge is -1.96. The summed E-state index contributed by atoms with van der Waals surface area (Å²) in [4.78, 5) is 9.77. The normalized spacial score (nSPS) is 11.9. The number of hydrogen-bond donors (Lipinski definition) is 2. The summed E-state index contributed by atoms with van der Waals surface area (Å²) in [5.41, 5.74) is 0. The lowest BCUT2D eigenvalue weighted by atomic mass is 10.5. The minimum atomic E-state index is -4.48. The molecule has 1 radical (unpaired) electrons. The van der Waals surface area contributed by atoms with Crippen molar-refractivity contribution in [3.05, 3.63) is 5.25 Å². The molecule has 0 bridgehead atoms. The summed E-state index contributed by atoms with van der Waals surface area (Å²) in [6, 6.07) is 0. The third-order valence-corrected chi connectivity index (χ3v) is 1.64. The van der Waals surface area contributed by atoms with Crippen molar-refractivity contribution >= 4 is 16.1 Å². The zero-order valence-electron chi connectivity index (χ0n) is 4.53. The molecular formula is C3H5O5S. The van der Waals surface area contributed by atoms with E-state index in [1.807, 2.05) is 0 Å². The molecule has 0 amide bonds. The fourth-order valence-corrected chi connectivity index (χ4v) is 0.331. The van der Waals surface area contributed by atoms with Crippen molar-refractivity contribution in [1.29, 1.82) is 0 Å². The summed E-state index contributed by atoms with van der Waals surface area (Å²) < 4.78 is 27.8. The van der Waals surface area contributed by atoms with Gasteiger partial charge in [0.05, 0.1) is 0 Å². The monoisotopic (exact) mass is 153 g/mol. The van der Waals surface area contributed by atoms with E-state index in [4.69, 9.17) is 9.66 Å². The van der Waals surface area contributed by atoms with Crippen LogP contribution in [0.5, 0.6) is 0 Å². The fourth-order valence-electron chi connectivity index (χ4n) is 0.110. The van der Waals surface area contributed by atoms with Crippen LogP contribution >= 0.6 is 0 Å². The standard InChI is InChI=1S/C3H5O5S/c1-2(3(4)5)9(6,7)8/h1H3,(H,4,5)(H,6,7,8). The second-order valence-electron chi connectivity index (χ2n) is 1.34. The van der Waals surface area contributed by atoms with Crippen molar-refractivity contribution in [2.45, 2.75) is 6.92 Å². The average molecular weight is 153 g/mol. The highest BCUT2D eigenvalue weighted by molar-refractivity contribution is 7.89. The van der Waals surface area contributed by atoms with E-state index in [2.05, 4.69) is 0 Å². The van der Waals surface area contributed by atoms with Crippen LogP contribution in [0.1, 0.15) is 6.92 Å². The second-order valence-corrected chi connectivity index (χ2v) is 2.90. The Bertz CT molecular complexity index is 202. The summed E-state index contributed by atoms with van der Waals surface area (Å²) in [6.45, 7) is 0.803. The van der Waals surface area contributed by atoms with Gasteiger partial charge in [-0.1, -0.05) is 0 Å². The molecule has 0 aliphatic carbocycles. The Morgan fingerprint density at radius 1 is 1.44 bits per heavy atom. The maximum atomic E-state index is 9.91. The first-order valence-corrected chi connectivity index (χ1v) is 3.34. The maximum absolute atomic E-state index is 9.91. The predicted molar refractivity (Wildman–Crippen MR) is 28.1 cm³/mol. The molecule has 2 N–H and O–H groups in total. The first-order chi connectivity index (χ1) is 3.85. The highest BCUT2D eigenvalue weighted by Crippen LogP contribution is 2.05. The number of carboxylic acids is 1. The molecule has 0 heterocycles. The van der Waals surface area contributed by atoms with Gasteiger partial charge in [0.2, 0.25) is 5.25 Å². The number of carboxylic acid groups (broad SMARTS) is 1. The van der Waals surface area contributed by atoms with E-state index in [1.54, 1.807) is 0 Å². The minimum absolute atomic E-state index is 0.803. The number of hydrogen-bond acceptors (Lipinski definition) is 3. The van der Waals surface area contributed by atoms with Crippen molar-refractivity contribution < 1.29 is 22.9 Å². The molecule has 0 saturated heterocycles. The van der Waals surface area contributed by atoms with Crippen LogP contribution in [0.3, 0.4) is 0 Å². The van der Waals surface area contributed by atoms with Gasteiger partial charge < -0.3 is 5.11 Å². The van der Waals surface area contributed by atoms with Crippen LogP contribution in [0.25, 0.3) is 0 Å². The number of carbonyl (C=O) groups is 1. The molecule has 0 aromatic heterocycles. The average Bonchev–Trinajstić information content (AvgIpc) is 1.62. The lowest BCUT2D eigenvalue weighted by Crippen LogP contribution is -2.17. The molecule has 0 aliphatic rings. The molecular weight excluding hydrogens is 148 g/mol. The van der Waals surface area contributed by atoms with Gasteiger partial charge in [0, 0.05) is 0 Å². The molecule has 0 rings (SSSR count). The zero-order chi connectivity index (χ0) is 7.65. The van der Waals surface area contributed by atoms with Gasteiger partial charge >= 0.3 is 5.97 Å². The van der Waals surface area contributed by atoms with Crippen LogP contribution in [0, 0.1) is 5.25 Å². The van der Waals surface area contributed by atoms with Gasteiger partial charge in [0.1, 0.15) is 0 Å². The topological polar surface area (TPSA) is 91.7 Å². The van der Waals surface area contributed by atoms with Crippen molar-refractivity contribution in [1.82, 2.24) is 0 Å². The summed E-state index contributed by atoms with van der Waals surface area (Å²) in [7, 11) is -4.48. The molecule has 6 heteroatoms. The van der Waals surface area contributed by atoms with Crippen LogP contribution in [0.4, 0.5) is 0 Å². The van der Waals surface area contributed by atoms with Crippen molar-refractivity contribution in [3.8, 4) is 0 Å². The van der Waals surface area contributed by atoms with Crippen molar-refractivity contribution in [3.63, 3.8) is 0 Å². The van der Waals surface area contributed by atoms with E-state index in [1.165, 1.54) is 0 Å². The minimum Gasteiger partial charge on any atom is -0.480 e. The van der Waals surface area contributed by atoms with E-state index in [0.717, 1.165) is 6.92 Å². The summed E-state index contributed by atoms with van der Waals surface area (Å²) in [6.07, 6.45) is 0. The largest absolute Gasteiger partial charge is 0.480 e. The van der Waals surface area contributed by atoms with Gasteiger partial charge in [-0.15, -0.1) is 0 Å². The molecule has 0 aromatic rings. The van der Waals surface area contributed by atoms with Crippen LogP contribution in [-0.4, -0.2) is 24.0 Å². The molecule has 53 valence electrons. The smallest absolute Gasteiger partial charge is 0.329 e. The third kappa shape index (κ3) is 2.43. The van der Waals surface area contributed by atoms with E-state index < -0.39 is 21.3 Å². The first kappa shape index (κ1) is 8.38. The summed E-state index contributed by atoms with van der Waals surface area (Å²) in [5, 5.41) is 6.97. The first-order valence-electron chi connectivity index (χ1n) is 1.90. The Hall–Kier alpha value is -0.620. The Kier molecular flexibility index (Phi) is 2.16. The predicted octanol–water partition coefficient (Wildman–Crippen LogP) is -0.489. The summed E-state index contributed by atoms with van der Waals surface area (Å²) in [5.74, 6) is -1.64. The Morgan fingerprint density at radius 2 is 1.78 bits per heavy atom. The lowest BCUT2D eigenvalue weighted by molar-refractivity contribution is -0.133. The molecule has 0 aliphatic heterocycles. The number of aliphatic carboxylic acids is 1. The molecule has 0 fully saturated rings. The second kappa shape index (κ2) is 2.32. The van der Waals surface area contributed by atoms with Crippen LogP contribution in [0.15, 0.2) is 0 Å². The van der Waals surface area contributed by atoms with Crippen LogP contribution < -0.4 is 0 Å². The number of rotatable bonds is 2. The van der Waals surface area contributed by atoms with Gasteiger partial charge in [-0.05, 0) is 6.92 Å². The molecule has 0 aromatic carbocycles. The molecule has 9 heavy (non-hydrogen) atoms. The van der Waals surface area contributed by atoms with Gasteiger partial charge in [-0.3, -0.25) is 9.35 Å². The van der Waals surface area contributed by atoms with Crippen LogP contribution in [0.2, 0.25) is 0 Å². The molecule has 0 unspecified atom stereocenters. The highest BCUT2D eigenvalue weighted by atomic mass is 32.2. The third-order valence-electron chi connectivity index (χ3n) is 0.688. The Balaban J connectivity index is 4.43. The zero-order valence-corrected chi connectivity index (χ0v) is 5.34. The van der Waals surface area contributed by atoms with Gasteiger partial charge in [-0.25, -0.2) is 0 Å². The van der Waals surface area contributed by atoms with Crippen molar-refractivity contribution in [2.24, 2.45) is 0 Å². The quantitative estimate of drug-likeness (QED) is 0.522. The Morgan fingerprint density at radius 3 is 1.78 bits per heavy atom.